The van der Waals surface area contributed by atoms with Gasteiger partial charge >= 0.3 is 6.09 Å². The Kier molecular flexibility index (Phi) is 9.51. The average molecular weight is 545 g/mol. The highest BCUT2D eigenvalue weighted by Crippen LogP contribution is 2.28. The molecule has 38 heavy (non-hydrogen) atoms. The summed E-state index contributed by atoms with van der Waals surface area (Å²) < 4.78 is 47.5. The zero-order valence-electron chi connectivity index (χ0n) is 20.5. The van der Waals surface area contributed by atoms with Gasteiger partial charge in [-0.1, -0.05) is 46.7 Å². The lowest BCUT2D eigenvalue weighted by Crippen LogP contribution is -2.22. The van der Waals surface area contributed by atoms with Crippen LogP contribution in [0.5, 0.6) is 0 Å². The summed E-state index contributed by atoms with van der Waals surface area (Å²) in [4.78, 5) is 13.4. The summed E-state index contributed by atoms with van der Waals surface area (Å²) in [6.45, 7) is -0.349. The normalized spacial score (nSPS) is 12.7. The summed E-state index contributed by atoms with van der Waals surface area (Å²) in [5, 5.41) is 22.2. The lowest BCUT2D eigenvalue weighted by atomic mass is 10.1. The summed E-state index contributed by atoms with van der Waals surface area (Å²) in [7, 11) is -0.761. The zero-order chi connectivity index (χ0) is 27.7. The van der Waals surface area contributed by atoms with E-state index >= 15 is 0 Å². The minimum atomic E-state index is -3.63. The van der Waals surface area contributed by atoms with Crippen LogP contribution in [-0.2, 0) is 27.9 Å². The first-order chi connectivity index (χ1) is 18.1. The Morgan fingerprint density at radius 1 is 1.26 bits per heavy atom. The molecule has 0 spiro atoms. The standard InChI is InChI=1S/C23H25FN8O5S/c1-31(2)38(35,36)20-9-5-17(6-10-20)22(37-15-16-3-7-19(8-4-16)27-29-25)21-14-32(30-28-21)13-18(24)11-12-26-23(33)34/h3-11,14,22,26H,12-13,15H2,1-2H3,(H,33,34)/b18-11-. The molecule has 200 valence electrons. The van der Waals surface area contributed by atoms with Gasteiger partial charge in [0.05, 0.1) is 24.2 Å². The Labute approximate surface area is 217 Å². The van der Waals surface area contributed by atoms with Crippen molar-refractivity contribution in [3.8, 4) is 0 Å². The van der Waals surface area contributed by atoms with Gasteiger partial charge in [0.2, 0.25) is 10.0 Å². The third kappa shape index (κ3) is 7.60. The van der Waals surface area contributed by atoms with Crippen LogP contribution in [0.4, 0.5) is 14.9 Å². The molecule has 0 saturated heterocycles. The largest absolute Gasteiger partial charge is 0.465 e. The number of hydrogen-bond donors (Lipinski definition) is 2. The lowest BCUT2D eigenvalue weighted by molar-refractivity contribution is 0.0639. The van der Waals surface area contributed by atoms with Crippen LogP contribution in [0.25, 0.3) is 10.4 Å². The molecule has 0 aliphatic rings. The number of hydrogen-bond acceptors (Lipinski definition) is 7. The molecule has 1 heterocycles. The van der Waals surface area contributed by atoms with Gasteiger partial charge in [-0.2, -0.15) is 0 Å². The van der Waals surface area contributed by atoms with E-state index in [1.54, 1.807) is 36.4 Å². The Bertz CT molecular complexity index is 1430. The van der Waals surface area contributed by atoms with Crippen molar-refractivity contribution in [2.24, 2.45) is 5.11 Å². The highest BCUT2D eigenvalue weighted by molar-refractivity contribution is 7.89. The average Bonchev–Trinajstić information content (AvgIpc) is 3.33. The van der Waals surface area contributed by atoms with E-state index in [1.807, 2.05) is 5.32 Å². The molecule has 0 fully saturated rings. The van der Waals surface area contributed by atoms with Gasteiger partial charge in [0.1, 0.15) is 17.6 Å². The number of halogens is 1. The highest BCUT2D eigenvalue weighted by atomic mass is 32.2. The van der Waals surface area contributed by atoms with Crippen molar-refractivity contribution in [3.05, 3.63) is 93.9 Å². The molecule has 2 N–H and O–H groups in total. The maximum absolute atomic E-state index is 14.2. The van der Waals surface area contributed by atoms with Gasteiger partial charge < -0.3 is 15.2 Å². The van der Waals surface area contributed by atoms with E-state index < -0.39 is 28.0 Å². The van der Waals surface area contributed by atoms with Crippen LogP contribution in [0, 0.1) is 0 Å². The van der Waals surface area contributed by atoms with Gasteiger partial charge in [0, 0.05) is 31.2 Å². The molecule has 0 bridgehead atoms. The van der Waals surface area contributed by atoms with E-state index in [4.69, 9.17) is 15.4 Å². The van der Waals surface area contributed by atoms with Crippen molar-refractivity contribution in [1.29, 1.82) is 0 Å². The molecule has 0 saturated carbocycles. The number of sulfonamides is 1. The fraction of sp³-hybridized carbons (Fsp3) is 0.261. The quantitative estimate of drug-likeness (QED) is 0.197. The summed E-state index contributed by atoms with van der Waals surface area (Å²) in [6.07, 6.45) is 0.511. The van der Waals surface area contributed by atoms with E-state index in [0.717, 1.165) is 15.9 Å². The predicted molar refractivity (Wildman–Crippen MR) is 134 cm³/mol. The minimum Gasteiger partial charge on any atom is -0.465 e. The number of nitrogens with one attached hydrogen (secondary N) is 1. The second kappa shape index (κ2) is 12.8. The summed E-state index contributed by atoms with van der Waals surface area (Å²) in [5.41, 5.74) is 10.7. The minimum absolute atomic E-state index is 0.101. The van der Waals surface area contributed by atoms with Crippen molar-refractivity contribution in [3.63, 3.8) is 0 Å². The van der Waals surface area contributed by atoms with Gasteiger partial charge in [-0.15, -0.1) is 5.10 Å². The van der Waals surface area contributed by atoms with Gasteiger partial charge in [-0.05, 0) is 34.9 Å². The molecule has 1 aromatic heterocycles. The fourth-order valence-corrected chi connectivity index (χ4v) is 4.15. The number of carboxylic acid groups (broad SMARTS) is 1. The Morgan fingerprint density at radius 2 is 1.95 bits per heavy atom. The van der Waals surface area contributed by atoms with Crippen LogP contribution in [0.3, 0.4) is 0 Å². The van der Waals surface area contributed by atoms with E-state index in [-0.39, 0.29) is 24.6 Å². The Morgan fingerprint density at radius 3 is 2.55 bits per heavy atom. The molecule has 0 aliphatic heterocycles. The molecule has 2 aromatic carbocycles. The molecule has 1 amide bonds. The van der Waals surface area contributed by atoms with Crippen molar-refractivity contribution in [2.75, 3.05) is 20.6 Å². The van der Waals surface area contributed by atoms with Crippen LogP contribution < -0.4 is 5.32 Å². The lowest BCUT2D eigenvalue weighted by Gasteiger charge is -2.17. The fourth-order valence-electron chi connectivity index (χ4n) is 3.25. The maximum atomic E-state index is 14.2. The number of nitrogens with zero attached hydrogens (tertiary/aromatic N) is 7. The van der Waals surface area contributed by atoms with Crippen molar-refractivity contribution in [1.82, 2.24) is 24.6 Å². The predicted octanol–water partition coefficient (Wildman–Crippen LogP) is 3.90. The van der Waals surface area contributed by atoms with E-state index in [2.05, 4.69) is 20.3 Å². The number of carbonyl (C=O) groups is 1. The van der Waals surface area contributed by atoms with Crippen LogP contribution in [0.2, 0.25) is 0 Å². The Balaban J connectivity index is 1.85. The van der Waals surface area contributed by atoms with Crippen LogP contribution in [0.15, 0.2) is 76.6 Å². The van der Waals surface area contributed by atoms with Crippen LogP contribution in [0.1, 0.15) is 22.9 Å². The van der Waals surface area contributed by atoms with E-state index in [9.17, 15) is 17.6 Å². The molecule has 1 atom stereocenters. The maximum Gasteiger partial charge on any atom is 0.404 e. The SMILES string of the molecule is CN(C)S(=O)(=O)c1ccc(C(OCc2ccc(N=[N+]=[N-])cc2)c2cn(C/C(F)=C/CNC(=O)O)nn2)cc1. The first kappa shape index (κ1) is 28.3. The molecule has 3 aromatic rings. The number of allylic oxidation sites excluding steroid dienone is 1. The van der Waals surface area contributed by atoms with E-state index in [0.29, 0.717) is 16.9 Å². The van der Waals surface area contributed by atoms with E-state index in [1.165, 1.54) is 37.1 Å². The summed E-state index contributed by atoms with van der Waals surface area (Å²) in [6, 6.07) is 12.9. The number of azide groups is 1. The smallest absolute Gasteiger partial charge is 0.404 e. The molecule has 3 rings (SSSR count). The third-order valence-corrected chi connectivity index (χ3v) is 7.02. The van der Waals surface area contributed by atoms with Gasteiger partial charge in [-0.25, -0.2) is 26.6 Å². The van der Waals surface area contributed by atoms with Crippen LogP contribution >= 0.6 is 0 Å². The molecular formula is C23H25FN8O5S. The first-order valence-electron chi connectivity index (χ1n) is 11.1. The summed E-state index contributed by atoms with van der Waals surface area (Å²) in [5.74, 6) is -0.619. The molecule has 0 radical (unpaired) electrons. The number of aromatic nitrogens is 3. The second-order valence-electron chi connectivity index (χ2n) is 8.08. The molecular weight excluding hydrogens is 519 g/mol. The Hall–Kier alpha value is -4.30. The van der Waals surface area contributed by atoms with Crippen molar-refractivity contribution >= 4 is 21.8 Å². The highest BCUT2D eigenvalue weighted by Gasteiger charge is 2.22. The number of benzene rings is 2. The number of amides is 1. The monoisotopic (exact) mass is 544 g/mol. The number of ether oxygens (including phenoxy) is 1. The van der Waals surface area contributed by atoms with Crippen molar-refractivity contribution in [2.45, 2.75) is 24.2 Å². The summed E-state index contributed by atoms with van der Waals surface area (Å²) >= 11 is 0. The first-order valence-corrected chi connectivity index (χ1v) is 12.5. The molecule has 13 nitrogen and oxygen atoms in total. The van der Waals surface area contributed by atoms with Gasteiger partial charge in [-0.3, -0.25) is 0 Å². The zero-order valence-corrected chi connectivity index (χ0v) is 21.3. The topological polar surface area (TPSA) is 175 Å². The van der Waals surface area contributed by atoms with Gasteiger partial charge in [0.25, 0.3) is 0 Å². The molecule has 1 unspecified atom stereocenters. The van der Waals surface area contributed by atoms with Crippen molar-refractivity contribution < 1.29 is 27.4 Å². The number of rotatable bonds is 12. The van der Waals surface area contributed by atoms with Gasteiger partial charge in [0.15, 0.2) is 0 Å². The molecule has 15 heteroatoms. The second-order valence-corrected chi connectivity index (χ2v) is 10.2. The van der Waals surface area contributed by atoms with Crippen LogP contribution in [-0.4, -0.2) is 59.6 Å². The molecule has 0 aliphatic carbocycles. The third-order valence-electron chi connectivity index (χ3n) is 5.19.